The van der Waals surface area contributed by atoms with Crippen LogP contribution in [0.5, 0.6) is 0 Å². The minimum Gasteiger partial charge on any atom is -0.352 e. The zero-order chi connectivity index (χ0) is 16.8. The van der Waals surface area contributed by atoms with Gasteiger partial charge in [0.15, 0.2) is 9.84 Å². The van der Waals surface area contributed by atoms with E-state index in [4.69, 9.17) is 23.8 Å². The fraction of sp³-hybridized carbons (Fsp3) is 0.200. The number of sulfone groups is 1. The molecule has 0 bridgehead atoms. The summed E-state index contributed by atoms with van der Waals surface area (Å²) in [7, 11) is -1.86. The summed E-state index contributed by atoms with van der Waals surface area (Å²) in [6.45, 7) is 0. The SMILES string of the molecule is CN(C(=O)c1ccc[nH]c1=S)[C@@H]1CS(=O)(=O)c2ccc(Cl)cc21. The number of nitrogens with zero attached hydrogens (tertiary/aromatic N) is 1. The molecule has 0 saturated heterocycles. The lowest BCUT2D eigenvalue weighted by atomic mass is 10.1. The van der Waals surface area contributed by atoms with Crippen LogP contribution in [0.25, 0.3) is 0 Å². The average Bonchev–Trinajstić information content (AvgIpc) is 2.77. The van der Waals surface area contributed by atoms with Gasteiger partial charge in [-0.15, -0.1) is 0 Å². The van der Waals surface area contributed by atoms with E-state index in [1.165, 1.54) is 17.0 Å². The van der Waals surface area contributed by atoms with Crippen molar-refractivity contribution < 1.29 is 13.2 Å². The monoisotopic (exact) mass is 368 g/mol. The number of hydrogen-bond acceptors (Lipinski definition) is 4. The van der Waals surface area contributed by atoms with Crippen molar-refractivity contribution in [1.29, 1.82) is 0 Å². The number of halogens is 1. The van der Waals surface area contributed by atoms with Crippen molar-refractivity contribution in [2.75, 3.05) is 12.8 Å². The summed E-state index contributed by atoms with van der Waals surface area (Å²) in [4.78, 5) is 17.1. The van der Waals surface area contributed by atoms with Gasteiger partial charge < -0.3 is 9.88 Å². The highest BCUT2D eigenvalue weighted by atomic mass is 35.5. The van der Waals surface area contributed by atoms with Crippen LogP contribution in [0.2, 0.25) is 5.02 Å². The van der Waals surface area contributed by atoms with Gasteiger partial charge in [0, 0.05) is 18.3 Å². The first-order valence-corrected chi connectivity index (χ1v) is 9.22. The van der Waals surface area contributed by atoms with Crippen LogP contribution in [0.15, 0.2) is 41.4 Å². The molecule has 1 atom stereocenters. The molecule has 3 rings (SSSR count). The smallest absolute Gasteiger partial charge is 0.257 e. The molecule has 1 N–H and O–H groups in total. The van der Waals surface area contributed by atoms with Crippen LogP contribution >= 0.6 is 23.8 Å². The van der Waals surface area contributed by atoms with Gasteiger partial charge in [-0.1, -0.05) is 23.8 Å². The molecule has 2 heterocycles. The van der Waals surface area contributed by atoms with Gasteiger partial charge in [-0.3, -0.25) is 4.79 Å². The standard InChI is InChI=1S/C15H13ClN2O3S2/c1-18(15(19)10-3-2-6-17-14(10)22)12-8-23(20,21)13-5-4-9(16)7-11(12)13/h2-7,12H,8H2,1H3,(H,17,22)/t12-/m1/s1. The van der Waals surface area contributed by atoms with E-state index >= 15 is 0 Å². The zero-order valence-electron chi connectivity index (χ0n) is 12.1. The van der Waals surface area contributed by atoms with Gasteiger partial charge >= 0.3 is 0 Å². The molecule has 1 aromatic carbocycles. The van der Waals surface area contributed by atoms with E-state index in [2.05, 4.69) is 4.98 Å². The number of H-pyrrole nitrogens is 1. The largest absolute Gasteiger partial charge is 0.352 e. The van der Waals surface area contributed by atoms with Crippen molar-refractivity contribution in [3.63, 3.8) is 0 Å². The summed E-state index contributed by atoms with van der Waals surface area (Å²) < 4.78 is 24.9. The Balaban J connectivity index is 2.04. The Labute approximate surface area is 143 Å². The fourth-order valence-corrected chi connectivity index (χ4v) is 4.92. The number of fused-ring (bicyclic) bond motifs is 1. The van der Waals surface area contributed by atoms with E-state index in [0.717, 1.165) is 0 Å². The Morgan fingerprint density at radius 2 is 2.13 bits per heavy atom. The van der Waals surface area contributed by atoms with Crippen LogP contribution in [0.1, 0.15) is 22.0 Å². The molecule has 0 radical (unpaired) electrons. The van der Waals surface area contributed by atoms with Crippen LogP contribution in [-0.2, 0) is 9.84 Å². The van der Waals surface area contributed by atoms with Gasteiger partial charge in [0.05, 0.1) is 22.3 Å². The van der Waals surface area contributed by atoms with E-state index in [-0.39, 0.29) is 16.6 Å². The summed E-state index contributed by atoms with van der Waals surface area (Å²) in [6, 6.07) is 7.32. The summed E-state index contributed by atoms with van der Waals surface area (Å²) in [6.07, 6.45) is 1.63. The van der Waals surface area contributed by atoms with Crippen LogP contribution in [0.3, 0.4) is 0 Å². The van der Waals surface area contributed by atoms with E-state index in [9.17, 15) is 13.2 Å². The molecule has 1 aliphatic rings. The number of carbonyl (C=O) groups excluding carboxylic acids is 1. The topological polar surface area (TPSA) is 70.2 Å². The number of hydrogen-bond donors (Lipinski definition) is 1. The Bertz CT molecular complexity index is 953. The lowest BCUT2D eigenvalue weighted by Crippen LogP contribution is -2.32. The van der Waals surface area contributed by atoms with Crippen LogP contribution in [0.4, 0.5) is 0 Å². The molecule has 8 heteroatoms. The first kappa shape index (κ1) is 16.2. The number of aromatic amines is 1. The molecule has 1 aliphatic heterocycles. The number of benzene rings is 1. The van der Waals surface area contributed by atoms with Gasteiger partial charge in [0.1, 0.15) is 4.64 Å². The van der Waals surface area contributed by atoms with E-state index in [0.29, 0.717) is 20.8 Å². The Hall–Kier alpha value is -1.70. The van der Waals surface area contributed by atoms with Crippen molar-refractivity contribution in [3.05, 3.63) is 57.3 Å². The fourth-order valence-electron chi connectivity index (χ4n) is 2.69. The lowest BCUT2D eigenvalue weighted by molar-refractivity contribution is 0.0745. The van der Waals surface area contributed by atoms with Crippen molar-refractivity contribution in [1.82, 2.24) is 9.88 Å². The van der Waals surface area contributed by atoms with E-state index in [1.54, 1.807) is 31.4 Å². The highest BCUT2D eigenvalue weighted by Gasteiger charge is 2.38. The summed E-state index contributed by atoms with van der Waals surface area (Å²) in [5.74, 6) is -0.492. The molecule has 120 valence electrons. The number of aromatic nitrogens is 1. The maximum Gasteiger partial charge on any atom is 0.257 e. The number of nitrogens with one attached hydrogen (secondary N) is 1. The second kappa shape index (κ2) is 5.74. The third kappa shape index (κ3) is 2.80. The van der Waals surface area contributed by atoms with Gasteiger partial charge in [-0.2, -0.15) is 0 Å². The zero-order valence-corrected chi connectivity index (χ0v) is 14.5. The summed E-state index contributed by atoms with van der Waals surface area (Å²) in [5.41, 5.74) is 0.872. The van der Waals surface area contributed by atoms with Crippen LogP contribution in [0, 0.1) is 4.64 Å². The van der Waals surface area contributed by atoms with Gasteiger partial charge in [-0.25, -0.2) is 8.42 Å². The molecule has 5 nitrogen and oxygen atoms in total. The van der Waals surface area contributed by atoms with Crippen molar-refractivity contribution in [2.24, 2.45) is 0 Å². The quantitative estimate of drug-likeness (QED) is 0.827. The molecular weight excluding hydrogens is 356 g/mol. The molecular formula is C15H13ClN2O3S2. The molecule has 1 amide bonds. The summed E-state index contributed by atoms with van der Waals surface area (Å²) >= 11 is 11.1. The van der Waals surface area contributed by atoms with Crippen LogP contribution < -0.4 is 0 Å². The Morgan fingerprint density at radius 1 is 1.39 bits per heavy atom. The molecule has 0 fully saturated rings. The lowest BCUT2D eigenvalue weighted by Gasteiger charge is -2.24. The normalized spacial score (nSPS) is 18.4. The maximum atomic E-state index is 12.7. The van der Waals surface area contributed by atoms with Crippen molar-refractivity contribution in [3.8, 4) is 0 Å². The van der Waals surface area contributed by atoms with Gasteiger partial charge in [0.2, 0.25) is 0 Å². The highest BCUT2D eigenvalue weighted by molar-refractivity contribution is 7.91. The second-order valence-electron chi connectivity index (χ2n) is 5.31. The van der Waals surface area contributed by atoms with Crippen molar-refractivity contribution in [2.45, 2.75) is 10.9 Å². The molecule has 0 saturated carbocycles. The average molecular weight is 369 g/mol. The molecule has 1 aromatic heterocycles. The van der Waals surface area contributed by atoms with Crippen molar-refractivity contribution >= 4 is 39.6 Å². The Morgan fingerprint density at radius 3 is 2.83 bits per heavy atom. The molecule has 0 unspecified atom stereocenters. The number of amides is 1. The van der Waals surface area contributed by atoms with Gasteiger partial charge in [-0.05, 0) is 35.9 Å². The predicted molar refractivity (Wildman–Crippen MR) is 90.0 cm³/mol. The maximum absolute atomic E-state index is 12.7. The van der Waals surface area contributed by atoms with E-state index < -0.39 is 15.9 Å². The number of rotatable bonds is 2. The predicted octanol–water partition coefficient (Wildman–Crippen LogP) is 3.00. The molecule has 23 heavy (non-hydrogen) atoms. The summed E-state index contributed by atoms with van der Waals surface area (Å²) in [5, 5.41) is 0.434. The minimum atomic E-state index is -3.43. The third-order valence-corrected chi connectivity index (χ3v) is 6.25. The third-order valence-electron chi connectivity index (χ3n) is 3.88. The van der Waals surface area contributed by atoms with E-state index in [1.807, 2.05) is 0 Å². The molecule has 0 aliphatic carbocycles. The molecule has 0 spiro atoms. The second-order valence-corrected chi connectivity index (χ2v) is 8.16. The van der Waals surface area contributed by atoms with Gasteiger partial charge in [0.25, 0.3) is 5.91 Å². The van der Waals surface area contributed by atoms with Crippen LogP contribution in [-0.4, -0.2) is 37.0 Å². The first-order chi connectivity index (χ1) is 10.8. The Kier molecular flexibility index (Phi) is 4.03. The number of pyridine rings is 1. The first-order valence-electron chi connectivity index (χ1n) is 6.78. The number of carbonyl (C=O) groups is 1. The molecule has 2 aromatic rings. The highest BCUT2D eigenvalue weighted by Crippen LogP contribution is 2.38. The minimum absolute atomic E-state index is 0.159.